The SMILES string of the molecule is C#CCNc1cc(C)cc2c(=O)cc(-c3ccc(OCCOCCN(Cc4ccc(C5(C(F)(F)F)N=N5)cc4)Cc4ccc(C5(C(F)(F)F)N=N5)cc4)cc3)oc12. The lowest BCUT2D eigenvalue weighted by atomic mass is 10.0. The second-order valence-electron chi connectivity index (χ2n) is 13.6. The molecule has 1 N–H and O–H groups in total. The Morgan fingerprint density at radius 3 is 1.84 bits per heavy atom. The Morgan fingerprint density at radius 1 is 0.772 bits per heavy atom. The van der Waals surface area contributed by atoms with Gasteiger partial charge in [-0.1, -0.05) is 54.5 Å². The van der Waals surface area contributed by atoms with Gasteiger partial charge in [-0.05, 0) is 60.0 Å². The van der Waals surface area contributed by atoms with Gasteiger partial charge in [0.05, 0.1) is 30.8 Å². The lowest BCUT2D eigenvalue weighted by Crippen LogP contribution is -2.30. The minimum atomic E-state index is -4.65. The van der Waals surface area contributed by atoms with Crippen LogP contribution in [0, 0.1) is 19.3 Å². The van der Waals surface area contributed by atoms with Gasteiger partial charge in [-0.15, -0.1) is 26.9 Å². The summed E-state index contributed by atoms with van der Waals surface area (Å²) in [6, 6.07) is 23.7. The molecule has 0 unspecified atom stereocenters. The van der Waals surface area contributed by atoms with Gasteiger partial charge in [0, 0.05) is 42.4 Å². The van der Waals surface area contributed by atoms with Crippen LogP contribution in [0.3, 0.4) is 0 Å². The van der Waals surface area contributed by atoms with Crippen LogP contribution in [0.1, 0.15) is 27.8 Å². The van der Waals surface area contributed by atoms with Crippen LogP contribution < -0.4 is 15.5 Å². The summed E-state index contributed by atoms with van der Waals surface area (Å²) in [4.78, 5) is 14.9. The van der Waals surface area contributed by atoms with Gasteiger partial charge in [-0.2, -0.15) is 26.3 Å². The molecule has 0 spiro atoms. The third-order valence-electron chi connectivity index (χ3n) is 9.46. The fourth-order valence-corrected chi connectivity index (χ4v) is 6.35. The number of benzene rings is 4. The number of halogens is 6. The topological polar surface area (TPSA) is 113 Å². The van der Waals surface area contributed by atoms with E-state index in [0.717, 1.165) is 5.56 Å². The zero-order chi connectivity index (χ0) is 40.4. The maximum absolute atomic E-state index is 13.5. The fraction of sp³-hybridized carbons (Fsp3) is 0.293. The van der Waals surface area contributed by atoms with E-state index in [0.29, 0.717) is 64.5 Å². The van der Waals surface area contributed by atoms with Crippen molar-refractivity contribution in [1.82, 2.24) is 4.90 Å². The zero-order valence-electron chi connectivity index (χ0n) is 30.3. The van der Waals surface area contributed by atoms with E-state index in [1.54, 1.807) is 54.6 Å². The van der Waals surface area contributed by atoms with Crippen LogP contribution in [0.15, 0.2) is 121 Å². The largest absolute Gasteiger partial charge is 0.491 e. The Labute approximate surface area is 322 Å². The Bertz CT molecular complexity index is 2310. The van der Waals surface area contributed by atoms with E-state index in [9.17, 15) is 31.1 Å². The summed E-state index contributed by atoms with van der Waals surface area (Å²) in [5.41, 5.74) is -1.44. The summed E-state index contributed by atoms with van der Waals surface area (Å²) in [6.45, 7) is 3.82. The summed E-state index contributed by atoms with van der Waals surface area (Å²) in [5, 5.41) is 16.5. The number of nitrogens with one attached hydrogen (secondary N) is 1. The van der Waals surface area contributed by atoms with Gasteiger partial charge in [-0.25, -0.2) is 0 Å². The predicted octanol–water partition coefficient (Wildman–Crippen LogP) is 9.27. The molecule has 0 saturated heterocycles. The highest BCUT2D eigenvalue weighted by Gasteiger charge is 2.66. The predicted molar refractivity (Wildman–Crippen MR) is 198 cm³/mol. The molecule has 0 atom stereocenters. The Balaban J connectivity index is 0.950. The van der Waals surface area contributed by atoms with Crippen molar-refractivity contribution in [2.45, 2.75) is 43.7 Å². The van der Waals surface area contributed by atoms with Crippen LogP contribution in [0.2, 0.25) is 0 Å². The van der Waals surface area contributed by atoms with Gasteiger partial charge in [0.1, 0.15) is 18.1 Å². The summed E-state index contributed by atoms with van der Waals surface area (Å²) in [7, 11) is 0. The maximum atomic E-state index is 13.5. The van der Waals surface area contributed by atoms with Gasteiger partial charge >= 0.3 is 23.7 Å². The average Bonchev–Trinajstić information content (AvgIpc) is 4.11. The van der Waals surface area contributed by atoms with E-state index in [4.69, 9.17) is 20.3 Å². The number of rotatable bonds is 16. The van der Waals surface area contributed by atoms with E-state index in [1.807, 2.05) is 17.9 Å². The smallest absolute Gasteiger partial charge is 0.442 e. The highest BCUT2D eigenvalue weighted by molar-refractivity contribution is 5.90. The molecule has 10 nitrogen and oxygen atoms in total. The van der Waals surface area contributed by atoms with Crippen molar-refractivity contribution in [2.24, 2.45) is 20.5 Å². The first-order valence-electron chi connectivity index (χ1n) is 17.7. The lowest BCUT2D eigenvalue weighted by molar-refractivity contribution is -0.166. The first kappa shape index (κ1) is 39.2. The zero-order valence-corrected chi connectivity index (χ0v) is 30.3. The molecule has 3 heterocycles. The van der Waals surface area contributed by atoms with Gasteiger partial charge in [0.25, 0.3) is 0 Å². The number of fused-ring (bicyclic) bond motifs is 1. The first-order valence-corrected chi connectivity index (χ1v) is 17.7. The van der Waals surface area contributed by atoms with Crippen molar-refractivity contribution < 1.29 is 40.2 Å². The molecule has 0 amide bonds. The number of hydrogen-bond acceptors (Lipinski definition) is 10. The molecule has 4 aromatic carbocycles. The molecule has 0 fully saturated rings. The van der Waals surface area contributed by atoms with Crippen molar-refractivity contribution in [3.63, 3.8) is 0 Å². The highest BCUT2D eigenvalue weighted by Crippen LogP contribution is 2.53. The number of aryl methyl sites for hydroxylation is 1. The molecule has 0 saturated carbocycles. The molecule has 57 heavy (non-hydrogen) atoms. The van der Waals surface area contributed by atoms with Gasteiger partial charge in [-0.3, -0.25) is 9.69 Å². The standard InChI is InChI=1S/C41H34F6N6O4/c1-3-16-48-34-22-26(2)21-33-35(54)23-36(57-37(33)34)29-8-14-32(15-9-29)56-20-19-55-18-17-53(24-27-4-10-30(11-5-27)38(49-50-38)40(42,43)44)25-28-6-12-31(13-7-28)39(51-52-39)41(45,46)47/h1,4-15,21-23,48H,16-20,24-25H2,2H3. The lowest BCUT2D eigenvalue weighted by Gasteiger charge is -2.23. The summed E-state index contributed by atoms with van der Waals surface area (Å²) >= 11 is 0. The van der Waals surface area contributed by atoms with Crippen molar-refractivity contribution in [3.8, 4) is 29.4 Å². The number of nitrogens with zero attached hydrogens (tertiary/aromatic N) is 5. The number of hydrogen-bond donors (Lipinski definition) is 1. The highest BCUT2D eigenvalue weighted by atomic mass is 19.4. The van der Waals surface area contributed by atoms with Crippen LogP contribution in [0.5, 0.6) is 5.75 Å². The molecule has 0 bridgehead atoms. The van der Waals surface area contributed by atoms with Crippen molar-refractivity contribution >= 4 is 16.7 Å². The second-order valence-corrected chi connectivity index (χ2v) is 13.6. The molecule has 16 heteroatoms. The van der Waals surface area contributed by atoms with Gasteiger partial charge in [0.2, 0.25) is 0 Å². The second kappa shape index (κ2) is 15.5. The molecule has 0 aliphatic carbocycles. The molecule has 5 aromatic rings. The molecule has 2 aliphatic heterocycles. The maximum Gasteiger partial charge on any atom is 0.442 e. The monoisotopic (exact) mass is 788 g/mol. The van der Waals surface area contributed by atoms with E-state index in [2.05, 4.69) is 31.7 Å². The normalized spacial score (nSPS) is 15.1. The Kier molecular flexibility index (Phi) is 10.6. The van der Waals surface area contributed by atoms with E-state index < -0.39 is 23.7 Å². The summed E-state index contributed by atoms with van der Waals surface area (Å²) < 4.78 is 98.9. The van der Waals surface area contributed by atoms with Crippen molar-refractivity contribution in [2.75, 3.05) is 38.2 Å². The molecule has 2 aliphatic rings. The van der Waals surface area contributed by atoms with Gasteiger partial charge in [0.15, 0.2) is 11.0 Å². The average molecular weight is 789 g/mol. The number of anilines is 1. The van der Waals surface area contributed by atoms with Crippen LogP contribution in [0.25, 0.3) is 22.3 Å². The Hall–Kier alpha value is -6.05. The fourth-order valence-electron chi connectivity index (χ4n) is 6.35. The third kappa shape index (κ3) is 8.40. The van der Waals surface area contributed by atoms with Crippen LogP contribution in [-0.2, 0) is 29.2 Å². The Morgan fingerprint density at radius 2 is 1.33 bits per heavy atom. The molecular formula is C41H34F6N6O4. The number of alkyl halides is 6. The van der Waals surface area contributed by atoms with Crippen molar-refractivity contribution in [3.05, 3.63) is 129 Å². The van der Waals surface area contributed by atoms with E-state index in [-0.39, 0.29) is 42.9 Å². The van der Waals surface area contributed by atoms with Gasteiger partial charge < -0.3 is 19.2 Å². The molecular weight excluding hydrogens is 754 g/mol. The number of terminal acetylenes is 1. The minimum absolute atomic E-state index is 0.0909. The summed E-state index contributed by atoms with van der Waals surface area (Å²) in [5.74, 6) is 3.46. The molecule has 0 radical (unpaired) electrons. The van der Waals surface area contributed by atoms with E-state index >= 15 is 0 Å². The van der Waals surface area contributed by atoms with Crippen molar-refractivity contribution in [1.29, 1.82) is 0 Å². The van der Waals surface area contributed by atoms with E-state index in [1.165, 1.54) is 30.3 Å². The van der Waals surface area contributed by atoms with Crippen LogP contribution >= 0.6 is 0 Å². The van der Waals surface area contributed by atoms with Crippen LogP contribution in [-0.4, -0.2) is 50.2 Å². The molecule has 7 rings (SSSR count). The minimum Gasteiger partial charge on any atom is -0.491 e. The molecule has 1 aromatic heterocycles. The first-order chi connectivity index (χ1) is 27.2. The quantitative estimate of drug-likeness (QED) is 0.0606. The van der Waals surface area contributed by atoms with Crippen LogP contribution in [0.4, 0.5) is 32.0 Å². The molecule has 294 valence electrons. The number of ether oxygens (including phenoxy) is 2. The third-order valence-corrected chi connectivity index (χ3v) is 9.46. The summed E-state index contributed by atoms with van der Waals surface area (Å²) in [6.07, 6.45) is -3.89.